The van der Waals surface area contributed by atoms with Crippen LogP contribution in [0.5, 0.6) is 11.5 Å². The molecule has 4 heteroatoms. The number of para-hydroxylation sites is 2. The molecule has 0 aliphatic heterocycles. The molecule has 0 unspecified atom stereocenters. The lowest BCUT2D eigenvalue weighted by atomic mass is 10.3. The smallest absolute Gasteiger partial charge is 0.212 e. The van der Waals surface area contributed by atoms with Gasteiger partial charge in [-0.25, -0.2) is 0 Å². The highest BCUT2D eigenvalue weighted by atomic mass is 79.9. The fourth-order valence-electron chi connectivity index (χ4n) is 1.85. The SMILES string of the molecule is BrCCC[SiH2]C(Oc1ccccc1)Oc1ccccc1. The molecule has 0 amide bonds. The summed E-state index contributed by atoms with van der Waals surface area (Å²) in [5.41, 5.74) is 0. The van der Waals surface area contributed by atoms with E-state index in [9.17, 15) is 0 Å². The average Bonchev–Trinajstić information content (AvgIpc) is 2.49. The third-order valence-corrected chi connectivity index (χ3v) is 5.12. The maximum Gasteiger partial charge on any atom is 0.212 e. The van der Waals surface area contributed by atoms with E-state index in [-0.39, 0.29) is 5.91 Å². The van der Waals surface area contributed by atoms with Crippen molar-refractivity contribution in [1.82, 2.24) is 0 Å². The normalized spacial score (nSPS) is 11.1. The Morgan fingerprint density at radius 1 is 0.850 bits per heavy atom. The van der Waals surface area contributed by atoms with Gasteiger partial charge in [0.2, 0.25) is 5.91 Å². The van der Waals surface area contributed by atoms with Gasteiger partial charge in [-0.1, -0.05) is 58.4 Å². The summed E-state index contributed by atoms with van der Waals surface area (Å²) in [5, 5.41) is 1.05. The zero-order valence-electron chi connectivity index (χ0n) is 11.4. The summed E-state index contributed by atoms with van der Waals surface area (Å²) in [6.07, 6.45) is 1.18. The van der Waals surface area contributed by atoms with E-state index in [1.807, 2.05) is 60.7 Å². The van der Waals surface area contributed by atoms with Crippen molar-refractivity contribution < 1.29 is 9.47 Å². The molecule has 106 valence electrons. The second kappa shape index (κ2) is 8.82. The first kappa shape index (κ1) is 15.1. The summed E-state index contributed by atoms with van der Waals surface area (Å²) < 4.78 is 12.0. The summed E-state index contributed by atoms with van der Waals surface area (Å²) >= 11 is 3.47. The Balaban J connectivity index is 1.96. The number of halogens is 1. The van der Waals surface area contributed by atoms with E-state index in [2.05, 4.69) is 15.9 Å². The Morgan fingerprint density at radius 2 is 1.35 bits per heavy atom. The van der Waals surface area contributed by atoms with Crippen molar-refractivity contribution in [3.05, 3.63) is 60.7 Å². The minimum atomic E-state index is -0.448. The number of benzene rings is 2. The third kappa shape index (κ3) is 5.39. The summed E-state index contributed by atoms with van der Waals surface area (Å²) in [4.78, 5) is 0. The number of hydrogen-bond acceptors (Lipinski definition) is 2. The highest BCUT2D eigenvalue weighted by molar-refractivity contribution is 9.09. The average molecular weight is 351 g/mol. The van der Waals surface area contributed by atoms with Gasteiger partial charge in [-0.2, -0.15) is 0 Å². The Hall–Kier alpha value is -1.26. The molecule has 0 bridgehead atoms. The Bertz CT molecular complexity index is 437. The quantitative estimate of drug-likeness (QED) is 0.312. The maximum absolute atomic E-state index is 5.99. The van der Waals surface area contributed by atoms with Crippen LogP contribution in [0.15, 0.2) is 60.7 Å². The molecule has 2 nitrogen and oxygen atoms in total. The van der Waals surface area contributed by atoms with E-state index >= 15 is 0 Å². The third-order valence-electron chi connectivity index (χ3n) is 2.84. The molecule has 0 N–H and O–H groups in total. The number of alkyl halides is 1. The molecule has 0 radical (unpaired) electrons. The van der Waals surface area contributed by atoms with Crippen LogP contribution in [-0.2, 0) is 0 Å². The van der Waals surface area contributed by atoms with Gasteiger partial charge in [0.1, 0.15) is 21.0 Å². The molecular formula is C16H19BrO2Si. The zero-order chi connectivity index (χ0) is 14.0. The van der Waals surface area contributed by atoms with E-state index in [0.29, 0.717) is 0 Å². The van der Waals surface area contributed by atoms with Crippen LogP contribution < -0.4 is 9.47 Å². The maximum atomic E-state index is 5.99. The highest BCUT2D eigenvalue weighted by Gasteiger charge is 2.12. The van der Waals surface area contributed by atoms with Gasteiger partial charge in [0, 0.05) is 5.33 Å². The Morgan fingerprint density at radius 3 is 1.80 bits per heavy atom. The van der Waals surface area contributed by atoms with Gasteiger partial charge in [0.25, 0.3) is 0 Å². The molecule has 2 rings (SSSR count). The van der Waals surface area contributed by atoms with E-state index in [1.165, 1.54) is 12.5 Å². The highest BCUT2D eigenvalue weighted by Crippen LogP contribution is 2.16. The van der Waals surface area contributed by atoms with Crippen molar-refractivity contribution in [2.75, 3.05) is 5.33 Å². The van der Waals surface area contributed by atoms with E-state index in [1.54, 1.807) is 0 Å². The molecule has 0 aliphatic carbocycles. The lowest BCUT2D eigenvalue weighted by Crippen LogP contribution is -2.30. The predicted octanol–water partition coefficient (Wildman–Crippen LogP) is 3.80. The fraction of sp³-hybridized carbons (Fsp3) is 0.250. The van der Waals surface area contributed by atoms with Crippen LogP contribution in [0.2, 0.25) is 6.04 Å². The van der Waals surface area contributed by atoms with Gasteiger partial charge in [0.15, 0.2) is 0 Å². The van der Waals surface area contributed by atoms with Crippen LogP contribution in [0.4, 0.5) is 0 Å². The number of ether oxygens (including phenoxy) is 2. The molecular weight excluding hydrogens is 332 g/mol. The van der Waals surface area contributed by atoms with Crippen LogP contribution in [0.3, 0.4) is 0 Å². The van der Waals surface area contributed by atoms with Gasteiger partial charge in [-0.05, 0) is 30.7 Å². The second-order valence-electron chi connectivity index (χ2n) is 4.48. The molecule has 0 heterocycles. The van der Waals surface area contributed by atoms with Gasteiger partial charge in [0.05, 0.1) is 0 Å². The fourth-order valence-corrected chi connectivity index (χ4v) is 4.47. The van der Waals surface area contributed by atoms with Crippen molar-refractivity contribution in [3.8, 4) is 11.5 Å². The molecule has 20 heavy (non-hydrogen) atoms. The molecule has 2 aromatic carbocycles. The standard InChI is InChI=1S/C16H19BrO2Si/c17-12-7-13-20-16(18-14-8-3-1-4-9-14)19-15-10-5-2-6-11-15/h1-6,8-11,16H,7,12-13,20H2. The second-order valence-corrected chi connectivity index (χ2v) is 7.22. The van der Waals surface area contributed by atoms with Gasteiger partial charge < -0.3 is 9.47 Å². The van der Waals surface area contributed by atoms with E-state index < -0.39 is 9.52 Å². The minimum absolute atomic E-state index is 0.112. The molecule has 0 saturated heterocycles. The predicted molar refractivity (Wildman–Crippen MR) is 89.7 cm³/mol. The number of rotatable bonds is 8. The van der Waals surface area contributed by atoms with Crippen molar-refractivity contribution >= 4 is 25.4 Å². The first-order valence-electron chi connectivity index (χ1n) is 6.88. The van der Waals surface area contributed by atoms with Crippen LogP contribution >= 0.6 is 15.9 Å². The summed E-state index contributed by atoms with van der Waals surface area (Å²) in [7, 11) is -0.448. The van der Waals surface area contributed by atoms with Gasteiger partial charge in [-0.15, -0.1) is 0 Å². The van der Waals surface area contributed by atoms with Crippen LogP contribution in [-0.4, -0.2) is 20.8 Å². The van der Waals surface area contributed by atoms with Crippen LogP contribution in [0.1, 0.15) is 6.42 Å². The molecule has 0 spiro atoms. The summed E-state index contributed by atoms with van der Waals surface area (Å²) in [6, 6.07) is 21.0. The van der Waals surface area contributed by atoms with Gasteiger partial charge in [-0.3, -0.25) is 0 Å². The van der Waals surface area contributed by atoms with E-state index in [4.69, 9.17) is 9.47 Å². The molecule has 0 atom stereocenters. The largest absolute Gasteiger partial charge is 0.460 e. The first-order chi connectivity index (χ1) is 9.88. The lowest BCUT2D eigenvalue weighted by Gasteiger charge is -2.20. The van der Waals surface area contributed by atoms with Gasteiger partial charge >= 0.3 is 0 Å². The minimum Gasteiger partial charge on any atom is -0.460 e. The summed E-state index contributed by atoms with van der Waals surface area (Å²) in [6.45, 7) is 0. The van der Waals surface area contributed by atoms with Crippen molar-refractivity contribution in [2.45, 2.75) is 18.4 Å². The first-order valence-corrected chi connectivity index (χ1v) is 9.81. The molecule has 0 saturated carbocycles. The monoisotopic (exact) mass is 350 g/mol. The molecule has 0 aliphatic rings. The number of hydrogen-bond donors (Lipinski definition) is 0. The molecule has 2 aromatic rings. The zero-order valence-corrected chi connectivity index (χ0v) is 14.4. The molecule has 0 fully saturated rings. The Labute approximate surface area is 131 Å². The Kier molecular flexibility index (Phi) is 6.67. The lowest BCUT2D eigenvalue weighted by molar-refractivity contribution is 0.0732. The van der Waals surface area contributed by atoms with Crippen molar-refractivity contribution in [1.29, 1.82) is 0 Å². The van der Waals surface area contributed by atoms with Crippen molar-refractivity contribution in [3.63, 3.8) is 0 Å². The van der Waals surface area contributed by atoms with Crippen LogP contribution in [0, 0.1) is 0 Å². The van der Waals surface area contributed by atoms with Crippen molar-refractivity contribution in [2.24, 2.45) is 0 Å². The summed E-state index contributed by atoms with van der Waals surface area (Å²) in [5.74, 6) is 1.64. The topological polar surface area (TPSA) is 18.5 Å². The van der Waals surface area contributed by atoms with E-state index in [0.717, 1.165) is 16.8 Å². The van der Waals surface area contributed by atoms with Crippen LogP contribution in [0.25, 0.3) is 0 Å². The molecule has 0 aromatic heterocycles.